The second-order valence-corrected chi connectivity index (χ2v) is 8.20. The van der Waals surface area contributed by atoms with Crippen molar-refractivity contribution in [3.8, 4) is 0 Å². The van der Waals surface area contributed by atoms with Crippen LogP contribution in [-0.4, -0.2) is 11.2 Å². The zero-order chi connectivity index (χ0) is 14.0. The van der Waals surface area contributed by atoms with Gasteiger partial charge in [0.1, 0.15) is 0 Å². The highest BCUT2D eigenvalue weighted by atomic mass is 79.9. The Morgan fingerprint density at radius 2 is 1.80 bits per heavy atom. The van der Waals surface area contributed by atoms with E-state index in [-0.39, 0.29) is 11.5 Å². The van der Waals surface area contributed by atoms with Gasteiger partial charge in [-0.25, -0.2) is 0 Å². The Kier molecular flexibility index (Phi) is 4.29. The van der Waals surface area contributed by atoms with E-state index in [1.165, 1.54) is 23.3 Å². The lowest BCUT2D eigenvalue weighted by molar-refractivity contribution is 0.0833. The van der Waals surface area contributed by atoms with Gasteiger partial charge in [-0.2, -0.15) is 0 Å². The Morgan fingerprint density at radius 3 is 2.40 bits per heavy atom. The SMILES string of the molecule is OC(Cc1ccc(Br)s1)C1(c2ccccc2)CCCC1. The molecule has 3 heteroatoms. The highest BCUT2D eigenvalue weighted by molar-refractivity contribution is 9.11. The number of thiophene rings is 1. The van der Waals surface area contributed by atoms with Crippen molar-refractivity contribution in [1.82, 2.24) is 0 Å². The van der Waals surface area contributed by atoms with Gasteiger partial charge in [-0.05, 0) is 46.5 Å². The Hall–Kier alpha value is -0.640. The maximum Gasteiger partial charge on any atom is 0.0701 e. The van der Waals surface area contributed by atoms with Crippen molar-refractivity contribution < 1.29 is 5.11 Å². The van der Waals surface area contributed by atoms with Crippen LogP contribution in [0.25, 0.3) is 0 Å². The van der Waals surface area contributed by atoms with Crippen LogP contribution in [0.2, 0.25) is 0 Å². The molecule has 1 unspecified atom stereocenters. The highest BCUT2D eigenvalue weighted by Crippen LogP contribution is 2.45. The molecule has 20 heavy (non-hydrogen) atoms. The molecule has 0 saturated heterocycles. The second-order valence-electron chi connectivity index (χ2n) is 5.66. The second kappa shape index (κ2) is 6.00. The van der Waals surface area contributed by atoms with E-state index in [4.69, 9.17) is 0 Å². The van der Waals surface area contributed by atoms with Crippen molar-refractivity contribution in [3.05, 3.63) is 56.7 Å². The molecule has 0 spiro atoms. The molecule has 1 nitrogen and oxygen atoms in total. The third-order valence-corrected chi connectivity index (χ3v) is 6.15. The van der Waals surface area contributed by atoms with Crippen molar-refractivity contribution in [2.75, 3.05) is 0 Å². The molecular weight excluding hydrogens is 332 g/mol. The maximum absolute atomic E-state index is 10.9. The third kappa shape index (κ3) is 2.72. The van der Waals surface area contributed by atoms with E-state index in [9.17, 15) is 5.11 Å². The Labute approximate surface area is 132 Å². The van der Waals surface area contributed by atoms with Gasteiger partial charge in [-0.1, -0.05) is 43.2 Å². The molecule has 2 aromatic rings. The van der Waals surface area contributed by atoms with E-state index in [2.05, 4.69) is 58.4 Å². The van der Waals surface area contributed by atoms with Crippen LogP contribution in [0.15, 0.2) is 46.3 Å². The fourth-order valence-electron chi connectivity index (χ4n) is 3.44. The summed E-state index contributed by atoms with van der Waals surface area (Å²) in [5.41, 5.74) is 1.26. The molecule has 1 aliphatic rings. The number of halogens is 1. The zero-order valence-electron chi connectivity index (χ0n) is 11.4. The molecule has 106 valence electrons. The van der Waals surface area contributed by atoms with Crippen LogP contribution in [-0.2, 0) is 11.8 Å². The molecule has 0 amide bonds. The van der Waals surface area contributed by atoms with Gasteiger partial charge in [0.05, 0.1) is 9.89 Å². The van der Waals surface area contributed by atoms with Crippen molar-refractivity contribution in [2.45, 2.75) is 43.6 Å². The molecule has 1 heterocycles. The molecule has 1 aromatic heterocycles. The minimum atomic E-state index is -0.294. The van der Waals surface area contributed by atoms with Crippen molar-refractivity contribution >= 4 is 27.3 Å². The lowest BCUT2D eigenvalue weighted by Crippen LogP contribution is -2.38. The smallest absolute Gasteiger partial charge is 0.0701 e. The lowest BCUT2D eigenvalue weighted by atomic mass is 9.73. The average molecular weight is 351 g/mol. The largest absolute Gasteiger partial charge is 0.392 e. The molecule has 1 fully saturated rings. The minimum Gasteiger partial charge on any atom is -0.392 e. The summed E-state index contributed by atoms with van der Waals surface area (Å²) < 4.78 is 1.14. The molecule has 0 aliphatic heterocycles. The number of rotatable bonds is 4. The van der Waals surface area contributed by atoms with Crippen LogP contribution in [0.4, 0.5) is 0 Å². The van der Waals surface area contributed by atoms with E-state index < -0.39 is 0 Å². The summed E-state index contributed by atoms with van der Waals surface area (Å²) in [6.45, 7) is 0. The van der Waals surface area contributed by atoms with Crippen molar-refractivity contribution in [3.63, 3.8) is 0 Å². The summed E-state index contributed by atoms with van der Waals surface area (Å²) >= 11 is 5.23. The van der Waals surface area contributed by atoms with Gasteiger partial charge in [0.25, 0.3) is 0 Å². The first-order chi connectivity index (χ1) is 9.71. The number of aliphatic hydroxyl groups is 1. The Bertz CT molecular complexity index is 557. The van der Waals surface area contributed by atoms with Crippen molar-refractivity contribution in [2.24, 2.45) is 0 Å². The summed E-state index contributed by atoms with van der Waals surface area (Å²) in [7, 11) is 0. The number of benzene rings is 1. The third-order valence-electron chi connectivity index (χ3n) is 4.51. The fraction of sp³-hybridized carbons (Fsp3) is 0.412. The van der Waals surface area contributed by atoms with Gasteiger partial charge in [-0.3, -0.25) is 0 Å². The molecule has 1 aliphatic carbocycles. The van der Waals surface area contributed by atoms with Crippen LogP contribution in [0, 0.1) is 0 Å². The summed E-state index contributed by atoms with van der Waals surface area (Å²) in [5, 5.41) is 10.9. The van der Waals surface area contributed by atoms with E-state index in [1.54, 1.807) is 11.3 Å². The lowest BCUT2D eigenvalue weighted by Gasteiger charge is -2.35. The van der Waals surface area contributed by atoms with Crippen LogP contribution >= 0.6 is 27.3 Å². The monoisotopic (exact) mass is 350 g/mol. The molecule has 0 bridgehead atoms. The van der Waals surface area contributed by atoms with Gasteiger partial charge in [0.15, 0.2) is 0 Å². The summed E-state index contributed by atoms with van der Waals surface area (Å²) in [4.78, 5) is 1.26. The predicted octanol–water partition coefficient (Wildman–Crippen LogP) is 4.93. The predicted molar refractivity (Wildman–Crippen MR) is 88.3 cm³/mol. The number of hydrogen-bond acceptors (Lipinski definition) is 2. The van der Waals surface area contributed by atoms with E-state index in [0.29, 0.717) is 0 Å². The van der Waals surface area contributed by atoms with Gasteiger partial charge in [0.2, 0.25) is 0 Å². The average Bonchev–Trinajstić information content (AvgIpc) is 3.10. The summed E-state index contributed by atoms with van der Waals surface area (Å²) in [6, 6.07) is 14.8. The quantitative estimate of drug-likeness (QED) is 0.828. The Morgan fingerprint density at radius 1 is 1.10 bits per heavy atom. The first kappa shape index (κ1) is 14.3. The van der Waals surface area contributed by atoms with Gasteiger partial charge >= 0.3 is 0 Å². The zero-order valence-corrected chi connectivity index (χ0v) is 13.8. The molecule has 3 rings (SSSR count). The maximum atomic E-state index is 10.9. The first-order valence-electron chi connectivity index (χ1n) is 7.18. The van der Waals surface area contributed by atoms with Gasteiger partial charge in [0, 0.05) is 16.7 Å². The molecule has 1 aromatic carbocycles. The summed E-state index contributed by atoms with van der Waals surface area (Å²) in [6.07, 6.45) is 5.11. The molecule has 1 N–H and O–H groups in total. The van der Waals surface area contributed by atoms with Gasteiger partial charge in [-0.15, -0.1) is 11.3 Å². The van der Waals surface area contributed by atoms with E-state index in [1.807, 2.05) is 0 Å². The van der Waals surface area contributed by atoms with E-state index >= 15 is 0 Å². The van der Waals surface area contributed by atoms with Crippen LogP contribution in [0.5, 0.6) is 0 Å². The molecule has 0 radical (unpaired) electrons. The van der Waals surface area contributed by atoms with Crippen LogP contribution in [0.3, 0.4) is 0 Å². The van der Waals surface area contributed by atoms with Crippen molar-refractivity contribution in [1.29, 1.82) is 0 Å². The highest BCUT2D eigenvalue weighted by Gasteiger charge is 2.41. The normalized spacial score (nSPS) is 19.1. The fourth-order valence-corrected chi connectivity index (χ4v) is 4.96. The standard InChI is InChI=1S/C17H19BrOS/c18-16-9-8-14(20-16)12-15(19)17(10-4-5-11-17)13-6-2-1-3-7-13/h1-3,6-9,15,19H,4-5,10-12H2. The Balaban J connectivity index is 1.87. The van der Waals surface area contributed by atoms with Gasteiger partial charge < -0.3 is 5.11 Å². The van der Waals surface area contributed by atoms with Crippen LogP contribution in [0.1, 0.15) is 36.1 Å². The first-order valence-corrected chi connectivity index (χ1v) is 8.79. The molecule has 1 saturated carbocycles. The minimum absolute atomic E-state index is 0.0439. The van der Waals surface area contributed by atoms with E-state index in [0.717, 1.165) is 23.0 Å². The number of aliphatic hydroxyl groups excluding tert-OH is 1. The molecular formula is C17H19BrOS. The molecule has 1 atom stereocenters. The topological polar surface area (TPSA) is 20.2 Å². The summed E-state index contributed by atoms with van der Waals surface area (Å²) in [5.74, 6) is 0. The van der Waals surface area contributed by atoms with Crippen LogP contribution < -0.4 is 0 Å². The number of hydrogen-bond donors (Lipinski definition) is 1.